The first-order chi connectivity index (χ1) is 11.1. The number of imidazole rings is 1. The Morgan fingerprint density at radius 2 is 2.08 bits per heavy atom. The van der Waals surface area contributed by atoms with Crippen molar-refractivity contribution in [1.29, 1.82) is 0 Å². The maximum atomic E-state index is 11.7. The molecule has 2 aromatic rings. The molecule has 13 heteroatoms. The lowest BCUT2D eigenvalue weighted by molar-refractivity contribution is -0.138. The zero-order chi connectivity index (χ0) is 17.9. The van der Waals surface area contributed by atoms with Gasteiger partial charge in [0.05, 0.1) is 12.7 Å². The van der Waals surface area contributed by atoms with Crippen LogP contribution in [0.4, 0.5) is 0 Å². The van der Waals surface area contributed by atoms with Crippen molar-refractivity contribution in [2.75, 3.05) is 0 Å². The van der Waals surface area contributed by atoms with Crippen molar-refractivity contribution < 1.29 is 34.4 Å². The molecule has 1 unspecified atom stereocenters. The van der Waals surface area contributed by atoms with Gasteiger partial charge in [-0.3, -0.25) is 13.9 Å². The monoisotopic (exact) mass is 362 g/mol. The van der Waals surface area contributed by atoms with Crippen molar-refractivity contribution in [2.45, 2.75) is 36.8 Å². The summed E-state index contributed by atoms with van der Waals surface area (Å²) >= 11 is 0. The summed E-state index contributed by atoms with van der Waals surface area (Å²) in [7, 11) is -4.99. The van der Waals surface area contributed by atoms with E-state index in [1.54, 1.807) is 0 Å². The molecule has 5 atom stereocenters. The molecule has 3 rings (SSSR count). The zero-order valence-electron chi connectivity index (χ0n) is 12.2. The predicted octanol–water partition coefficient (Wildman–Crippen LogP) is -2.59. The molecule has 2 aromatic heterocycles. The first kappa shape index (κ1) is 17.2. The van der Waals surface area contributed by atoms with E-state index in [9.17, 15) is 24.7 Å². The van der Waals surface area contributed by atoms with E-state index in [1.807, 2.05) is 0 Å². The number of H-pyrrole nitrogens is 1. The van der Waals surface area contributed by atoms with Crippen LogP contribution in [0.5, 0.6) is 0 Å². The third-order valence-corrected chi connectivity index (χ3v) is 5.02. The van der Waals surface area contributed by atoms with Crippen LogP contribution in [-0.4, -0.2) is 68.8 Å². The molecule has 1 saturated heterocycles. The van der Waals surface area contributed by atoms with Crippen LogP contribution in [-0.2, 0) is 15.0 Å². The van der Waals surface area contributed by atoms with Crippen molar-refractivity contribution in [2.24, 2.45) is 0 Å². The van der Waals surface area contributed by atoms with Crippen LogP contribution in [0.1, 0.15) is 6.92 Å². The van der Waals surface area contributed by atoms with Crippen molar-refractivity contribution >= 4 is 18.8 Å². The van der Waals surface area contributed by atoms with Gasteiger partial charge < -0.3 is 34.8 Å². The van der Waals surface area contributed by atoms with Crippen LogP contribution < -0.4 is 5.56 Å². The van der Waals surface area contributed by atoms with E-state index in [0.717, 1.165) is 17.2 Å². The van der Waals surface area contributed by atoms with E-state index in [2.05, 4.69) is 15.0 Å². The number of aromatic amines is 1. The Labute approximate surface area is 133 Å². The van der Waals surface area contributed by atoms with Gasteiger partial charge in [0, 0.05) is 0 Å². The number of aromatic nitrogens is 4. The quantitative estimate of drug-likeness (QED) is 0.316. The van der Waals surface area contributed by atoms with Gasteiger partial charge in [-0.15, -0.1) is 0 Å². The number of hydrogen-bond donors (Lipinski definition) is 6. The van der Waals surface area contributed by atoms with Gasteiger partial charge in [0.15, 0.2) is 22.7 Å². The Morgan fingerprint density at radius 3 is 2.71 bits per heavy atom. The summed E-state index contributed by atoms with van der Waals surface area (Å²) in [6.45, 7) is 1.30. The third-order valence-electron chi connectivity index (χ3n) is 4.04. The molecule has 0 radical (unpaired) electrons. The number of ether oxygens (including phenoxy) is 1. The summed E-state index contributed by atoms with van der Waals surface area (Å²) in [6, 6.07) is 0. The molecule has 0 spiro atoms. The number of hydrogen-bond acceptors (Lipinski definition) is 8. The Bertz CT molecular complexity index is 876. The standard InChI is InChI=1S/C11H15N4O8P/c1-11(15-3-14-4-8(15)12-2-13-9(4)18)7(17)5(16)6(23-11)10(19)24(20,21)22/h2-3,5-7,10,16-17,19H,1H3,(H,12,13,18)(H2,20,21,22)/t5-,6+,7-,10?,11-/m1/s1. The van der Waals surface area contributed by atoms with E-state index < -0.39 is 43.0 Å². The summed E-state index contributed by atoms with van der Waals surface area (Å²) in [5.74, 6) is -2.34. The molecule has 24 heavy (non-hydrogen) atoms. The molecule has 0 amide bonds. The van der Waals surface area contributed by atoms with Gasteiger partial charge in [-0.05, 0) is 6.92 Å². The van der Waals surface area contributed by atoms with Crippen molar-refractivity contribution in [3.8, 4) is 0 Å². The lowest BCUT2D eigenvalue weighted by Gasteiger charge is -2.29. The minimum Gasteiger partial charge on any atom is -0.387 e. The smallest absolute Gasteiger partial charge is 0.356 e. The average molecular weight is 362 g/mol. The van der Waals surface area contributed by atoms with Gasteiger partial charge in [0.1, 0.15) is 18.3 Å². The van der Waals surface area contributed by atoms with Crippen LogP contribution in [0.3, 0.4) is 0 Å². The summed E-state index contributed by atoms with van der Waals surface area (Å²) in [5.41, 5.74) is -2.33. The number of fused-ring (bicyclic) bond motifs is 1. The molecule has 0 bridgehead atoms. The molecule has 1 aliphatic rings. The van der Waals surface area contributed by atoms with Gasteiger partial charge in [0.25, 0.3) is 5.56 Å². The first-order valence-corrected chi connectivity index (χ1v) is 8.44. The third kappa shape index (κ3) is 2.40. The van der Waals surface area contributed by atoms with Gasteiger partial charge in [-0.1, -0.05) is 0 Å². The molecule has 3 heterocycles. The maximum Gasteiger partial charge on any atom is 0.356 e. The van der Waals surface area contributed by atoms with Crippen molar-refractivity contribution in [3.05, 3.63) is 23.0 Å². The summed E-state index contributed by atoms with van der Waals surface area (Å²) in [4.78, 5) is 39.9. The highest BCUT2D eigenvalue weighted by Crippen LogP contribution is 2.48. The molecular formula is C11H15N4O8P. The number of nitrogens with one attached hydrogen (secondary N) is 1. The molecule has 1 fully saturated rings. The summed E-state index contributed by atoms with van der Waals surface area (Å²) in [5, 5.41) is 30.1. The van der Waals surface area contributed by atoms with E-state index in [4.69, 9.17) is 14.5 Å². The molecule has 12 nitrogen and oxygen atoms in total. The van der Waals surface area contributed by atoms with Crippen molar-refractivity contribution in [3.63, 3.8) is 0 Å². The number of nitrogens with zero attached hydrogens (tertiary/aromatic N) is 3. The Hall–Kier alpha value is -1.66. The molecule has 132 valence electrons. The number of aliphatic hydroxyl groups excluding tert-OH is 3. The highest BCUT2D eigenvalue weighted by atomic mass is 31.2. The first-order valence-electron chi connectivity index (χ1n) is 6.76. The minimum atomic E-state index is -4.99. The Kier molecular flexibility index (Phi) is 3.88. The van der Waals surface area contributed by atoms with Crippen molar-refractivity contribution in [1.82, 2.24) is 19.5 Å². The molecule has 0 aromatic carbocycles. The van der Waals surface area contributed by atoms with E-state index in [1.165, 1.54) is 6.92 Å². The molecule has 1 aliphatic heterocycles. The Morgan fingerprint density at radius 1 is 1.42 bits per heavy atom. The van der Waals surface area contributed by atoms with Gasteiger partial charge in [-0.25, -0.2) is 9.97 Å². The predicted molar refractivity (Wildman–Crippen MR) is 76.7 cm³/mol. The minimum absolute atomic E-state index is 0.0267. The highest BCUT2D eigenvalue weighted by Gasteiger charge is 2.57. The summed E-state index contributed by atoms with van der Waals surface area (Å²) in [6.07, 6.45) is -2.99. The van der Waals surface area contributed by atoms with Crippen LogP contribution in [0.15, 0.2) is 17.4 Å². The van der Waals surface area contributed by atoms with E-state index >= 15 is 0 Å². The van der Waals surface area contributed by atoms with Crippen LogP contribution in [0.2, 0.25) is 0 Å². The SMILES string of the molecule is C[C@@]1(n2cnc3c(=O)[nH]cnc32)O[C@H](C(O)P(=O)(O)O)[C@@H](O)[C@H]1O. The highest BCUT2D eigenvalue weighted by molar-refractivity contribution is 7.52. The van der Waals surface area contributed by atoms with Gasteiger partial charge >= 0.3 is 7.60 Å². The number of rotatable bonds is 3. The van der Waals surface area contributed by atoms with Crippen LogP contribution in [0, 0.1) is 0 Å². The lowest BCUT2D eigenvalue weighted by Crippen LogP contribution is -2.43. The Balaban J connectivity index is 2.08. The topological polar surface area (TPSA) is 191 Å². The number of aliphatic hydroxyl groups is 3. The fourth-order valence-corrected chi connectivity index (χ4v) is 3.33. The van der Waals surface area contributed by atoms with Gasteiger partial charge in [-0.2, -0.15) is 0 Å². The van der Waals surface area contributed by atoms with Crippen LogP contribution in [0.25, 0.3) is 11.2 Å². The molecular weight excluding hydrogens is 347 g/mol. The zero-order valence-corrected chi connectivity index (χ0v) is 13.1. The normalized spacial score (nSPS) is 32.3. The van der Waals surface area contributed by atoms with Gasteiger partial charge in [0.2, 0.25) is 0 Å². The fourth-order valence-electron chi connectivity index (χ4n) is 2.71. The van der Waals surface area contributed by atoms with E-state index in [0.29, 0.717) is 0 Å². The lowest BCUT2D eigenvalue weighted by atomic mass is 10.0. The second kappa shape index (κ2) is 5.43. The average Bonchev–Trinajstić information content (AvgIpc) is 3.03. The van der Waals surface area contributed by atoms with Crippen LogP contribution >= 0.6 is 7.60 Å². The largest absolute Gasteiger partial charge is 0.387 e. The second-order valence-corrected chi connectivity index (χ2v) is 7.30. The summed E-state index contributed by atoms with van der Waals surface area (Å²) < 4.78 is 17.8. The fraction of sp³-hybridized carbons (Fsp3) is 0.545. The molecule has 0 aliphatic carbocycles. The molecule has 0 saturated carbocycles. The van der Waals surface area contributed by atoms with E-state index in [-0.39, 0.29) is 11.2 Å². The molecule has 6 N–H and O–H groups in total. The second-order valence-electron chi connectivity index (χ2n) is 5.59. The maximum absolute atomic E-state index is 11.7.